The molecule has 0 atom stereocenters. The lowest BCUT2D eigenvalue weighted by Gasteiger charge is -2.16. The van der Waals surface area contributed by atoms with Crippen LogP contribution >= 0.6 is 0 Å². The molecule has 0 saturated carbocycles. The lowest BCUT2D eigenvalue weighted by Crippen LogP contribution is -2.06. The molecule has 1 heterocycles. The quantitative estimate of drug-likeness (QED) is 0.838. The molecule has 5 heteroatoms. The Labute approximate surface area is 91.2 Å². The number of methoxy groups -OCH3 is 1. The molecule has 2 rings (SSSR count). The van der Waals surface area contributed by atoms with Gasteiger partial charge in [0, 0.05) is 5.56 Å². The largest absolute Gasteiger partial charge is 0.478 e. The highest BCUT2D eigenvalue weighted by atomic mass is 19.1. The zero-order valence-corrected chi connectivity index (χ0v) is 8.44. The number of ether oxygens (including phenoxy) is 3. The summed E-state index contributed by atoms with van der Waals surface area (Å²) < 4.78 is 27.4. The molecule has 0 aromatic heterocycles. The zero-order chi connectivity index (χ0) is 11.5. The molecule has 1 aliphatic rings. The average Bonchev–Trinajstić information content (AvgIpc) is 2.30. The summed E-state index contributed by atoms with van der Waals surface area (Å²) in [5, 5.41) is 9.51. The second kappa shape index (κ2) is 4.14. The molecule has 0 saturated heterocycles. The fourth-order valence-electron chi connectivity index (χ4n) is 1.21. The van der Waals surface area contributed by atoms with E-state index in [0.29, 0.717) is 5.56 Å². The maximum atomic E-state index is 12.7. The number of aliphatic hydroxyl groups excluding tert-OH is 1. The van der Waals surface area contributed by atoms with E-state index in [1.165, 1.54) is 37.6 Å². The van der Waals surface area contributed by atoms with Crippen LogP contribution in [0.3, 0.4) is 0 Å². The Balaban J connectivity index is 2.26. The van der Waals surface area contributed by atoms with E-state index in [1.807, 2.05) is 0 Å². The molecule has 0 radical (unpaired) electrons. The van der Waals surface area contributed by atoms with Crippen LogP contribution in [0, 0.1) is 5.82 Å². The van der Waals surface area contributed by atoms with Gasteiger partial charge in [0.2, 0.25) is 5.76 Å². The summed E-state index contributed by atoms with van der Waals surface area (Å²) in [5.74, 6) is -0.635. The van der Waals surface area contributed by atoms with Crippen molar-refractivity contribution >= 4 is 5.76 Å². The van der Waals surface area contributed by atoms with Crippen molar-refractivity contribution in [2.45, 2.75) is 0 Å². The SMILES string of the molecule is COC1=COC(c2ccc(F)cc2)=C(O)O1. The number of aliphatic hydroxyl groups is 1. The van der Waals surface area contributed by atoms with Gasteiger partial charge < -0.3 is 19.3 Å². The Morgan fingerprint density at radius 1 is 1.25 bits per heavy atom. The molecule has 0 unspecified atom stereocenters. The first kappa shape index (κ1) is 10.4. The standard InChI is InChI=1S/C11H9FO4/c1-14-9-6-15-10(11(13)16-9)7-2-4-8(12)5-3-7/h2-6,13H,1H3. The van der Waals surface area contributed by atoms with E-state index < -0.39 is 5.95 Å². The molecule has 0 aliphatic carbocycles. The first-order valence-corrected chi connectivity index (χ1v) is 4.48. The van der Waals surface area contributed by atoms with Gasteiger partial charge in [0.1, 0.15) is 5.82 Å². The van der Waals surface area contributed by atoms with Crippen LogP contribution in [0.15, 0.2) is 42.4 Å². The molecular formula is C11H9FO4. The third kappa shape index (κ3) is 1.93. The van der Waals surface area contributed by atoms with Crippen molar-refractivity contribution < 1.29 is 23.7 Å². The summed E-state index contributed by atoms with van der Waals surface area (Å²) >= 11 is 0. The molecule has 0 spiro atoms. The van der Waals surface area contributed by atoms with Crippen LogP contribution in [-0.2, 0) is 14.2 Å². The Kier molecular flexibility index (Phi) is 2.68. The Morgan fingerprint density at radius 2 is 1.94 bits per heavy atom. The van der Waals surface area contributed by atoms with E-state index in [1.54, 1.807) is 0 Å². The van der Waals surface area contributed by atoms with Gasteiger partial charge in [-0.1, -0.05) is 0 Å². The van der Waals surface area contributed by atoms with Gasteiger partial charge in [-0.25, -0.2) is 4.39 Å². The minimum atomic E-state index is -0.425. The van der Waals surface area contributed by atoms with Crippen LogP contribution in [0.2, 0.25) is 0 Å². The molecule has 1 aromatic carbocycles. The number of benzene rings is 1. The van der Waals surface area contributed by atoms with Gasteiger partial charge in [-0.15, -0.1) is 0 Å². The lowest BCUT2D eigenvalue weighted by atomic mass is 10.2. The Hall–Kier alpha value is -2.17. The van der Waals surface area contributed by atoms with Crippen LogP contribution < -0.4 is 0 Å². The van der Waals surface area contributed by atoms with Crippen molar-refractivity contribution in [2.75, 3.05) is 7.11 Å². The minimum Gasteiger partial charge on any atom is -0.478 e. The van der Waals surface area contributed by atoms with Crippen LogP contribution in [0.4, 0.5) is 4.39 Å². The first-order chi connectivity index (χ1) is 7.70. The van der Waals surface area contributed by atoms with Gasteiger partial charge in [0.15, 0.2) is 6.26 Å². The van der Waals surface area contributed by atoms with Gasteiger partial charge in [-0.3, -0.25) is 0 Å². The van der Waals surface area contributed by atoms with Crippen LogP contribution in [0.25, 0.3) is 5.76 Å². The van der Waals surface area contributed by atoms with E-state index in [0.717, 1.165) is 0 Å². The summed E-state index contributed by atoms with van der Waals surface area (Å²) in [5.41, 5.74) is 0.505. The molecule has 4 nitrogen and oxygen atoms in total. The van der Waals surface area contributed by atoms with Gasteiger partial charge in [0.05, 0.1) is 7.11 Å². The second-order valence-electron chi connectivity index (χ2n) is 3.00. The lowest BCUT2D eigenvalue weighted by molar-refractivity contribution is 0.0209. The molecular weight excluding hydrogens is 215 g/mol. The fourth-order valence-corrected chi connectivity index (χ4v) is 1.21. The van der Waals surface area contributed by atoms with E-state index in [9.17, 15) is 9.50 Å². The van der Waals surface area contributed by atoms with E-state index in [4.69, 9.17) is 14.2 Å². The van der Waals surface area contributed by atoms with Crippen LogP contribution in [0.5, 0.6) is 0 Å². The number of hydrogen-bond donors (Lipinski definition) is 1. The van der Waals surface area contributed by atoms with E-state index in [-0.39, 0.29) is 17.5 Å². The van der Waals surface area contributed by atoms with Gasteiger partial charge >= 0.3 is 11.9 Å². The number of hydrogen-bond acceptors (Lipinski definition) is 4. The molecule has 84 valence electrons. The summed E-state index contributed by atoms with van der Waals surface area (Å²) in [6.45, 7) is 0. The monoisotopic (exact) mass is 224 g/mol. The molecule has 1 N–H and O–H groups in total. The van der Waals surface area contributed by atoms with Crippen molar-refractivity contribution in [3.05, 3.63) is 53.8 Å². The molecule has 16 heavy (non-hydrogen) atoms. The molecule has 0 amide bonds. The van der Waals surface area contributed by atoms with Crippen LogP contribution in [-0.4, -0.2) is 12.2 Å². The highest BCUT2D eigenvalue weighted by Gasteiger charge is 2.19. The normalized spacial score (nSPS) is 15.0. The predicted molar refractivity (Wildman–Crippen MR) is 53.2 cm³/mol. The molecule has 1 aliphatic heterocycles. The van der Waals surface area contributed by atoms with Crippen molar-refractivity contribution in [2.24, 2.45) is 0 Å². The van der Waals surface area contributed by atoms with E-state index >= 15 is 0 Å². The number of rotatable bonds is 2. The summed E-state index contributed by atoms with van der Waals surface area (Å²) in [6, 6.07) is 5.45. The van der Waals surface area contributed by atoms with Crippen molar-refractivity contribution in [1.82, 2.24) is 0 Å². The minimum absolute atomic E-state index is 0.0448. The second-order valence-corrected chi connectivity index (χ2v) is 3.00. The summed E-state index contributed by atoms with van der Waals surface area (Å²) in [7, 11) is 1.38. The van der Waals surface area contributed by atoms with Crippen LogP contribution in [0.1, 0.15) is 5.56 Å². The van der Waals surface area contributed by atoms with Gasteiger partial charge in [0.25, 0.3) is 0 Å². The third-order valence-electron chi connectivity index (χ3n) is 1.97. The molecule has 0 bridgehead atoms. The highest BCUT2D eigenvalue weighted by Crippen LogP contribution is 2.26. The van der Waals surface area contributed by atoms with Crippen molar-refractivity contribution in [3.8, 4) is 0 Å². The molecule has 1 aromatic rings. The highest BCUT2D eigenvalue weighted by molar-refractivity contribution is 5.61. The molecule has 0 fully saturated rings. The number of halogens is 1. The van der Waals surface area contributed by atoms with E-state index in [2.05, 4.69) is 0 Å². The topological polar surface area (TPSA) is 47.9 Å². The summed E-state index contributed by atoms with van der Waals surface area (Å²) in [6.07, 6.45) is 1.21. The van der Waals surface area contributed by atoms with Gasteiger partial charge in [-0.2, -0.15) is 0 Å². The Morgan fingerprint density at radius 3 is 2.50 bits per heavy atom. The van der Waals surface area contributed by atoms with Crippen molar-refractivity contribution in [1.29, 1.82) is 0 Å². The third-order valence-corrected chi connectivity index (χ3v) is 1.97. The summed E-state index contributed by atoms with van der Waals surface area (Å²) in [4.78, 5) is 0. The first-order valence-electron chi connectivity index (χ1n) is 4.48. The predicted octanol–water partition coefficient (Wildman–Crippen LogP) is 2.50. The maximum absolute atomic E-state index is 12.7. The smallest absolute Gasteiger partial charge is 0.330 e. The average molecular weight is 224 g/mol. The van der Waals surface area contributed by atoms with Gasteiger partial charge in [-0.05, 0) is 24.3 Å². The maximum Gasteiger partial charge on any atom is 0.330 e. The zero-order valence-electron chi connectivity index (χ0n) is 8.44. The van der Waals surface area contributed by atoms with Crippen molar-refractivity contribution in [3.63, 3.8) is 0 Å². The fraction of sp³-hybridized carbons (Fsp3) is 0.0909. The Bertz CT molecular complexity index is 448.